The Morgan fingerprint density at radius 2 is 1.91 bits per heavy atom. The molecule has 0 saturated carbocycles. The van der Waals surface area contributed by atoms with Gasteiger partial charge in [0.05, 0.1) is 0 Å². The van der Waals surface area contributed by atoms with Crippen LogP contribution < -0.4 is 10.4 Å². The predicted octanol–water partition coefficient (Wildman–Crippen LogP) is 1.16. The van der Waals surface area contributed by atoms with E-state index in [0.29, 0.717) is 25.8 Å². The number of aromatic amines is 1. The van der Waals surface area contributed by atoms with Crippen molar-refractivity contribution in [1.29, 1.82) is 0 Å². The first kappa shape index (κ1) is 15.3. The first-order valence-electron chi connectivity index (χ1n) is 7.85. The van der Waals surface area contributed by atoms with E-state index in [9.17, 15) is 14.7 Å². The zero-order valence-corrected chi connectivity index (χ0v) is 12.7. The molecule has 5 heteroatoms. The standard InChI is InChI=1S/C18H20N2O3/c21-17(14-6-1-2-7-15(14)18(22)23)19-10-9-12-11-20-16-8-4-3-5-13(12)16/h1-5,8,11,14-15,20H,6-7,9-10H2,(H,19,21)(H,22,23)/p-1. The second-order valence-corrected chi connectivity index (χ2v) is 5.88. The van der Waals surface area contributed by atoms with E-state index < -0.39 is 17.8 Å². The Morgan fingerprint density at radius 3 is 2.70 bits per heavy atom. The van der Waals surface area contributed by atoms with Crippen molar-refractivity contribution in [3.05, 3.63) is 48.2 Å². The number of para-hydroxylation sites is 1. The lowest BCUT2D eigenvalue weighted by molar-refractivity contribution is -0.313. The van der Waals surface area contributed by atoms with Crippen molar-refractivity contribution < 1.29 is 14.7 Å². The largest absolute Gasteiger partial charge is 0.550 e. The van der Waals surface area contributed by atoms with Gasteiger partial charge >= 0.3 is 0 Å². The molecule has 5 nitrogen and oxygen atoms in total. The predicted molar refractivity (Wildman–Crippen MR) is 85.4 cm³/mol. The van der Waals surface area contributed by atoms with Gasteiger partial charge in [-0.25, -0.2) is 0 Å². The minimum absolute atomic E-state index is 0.205. The summed E-state index contributed by atoms with van der Waals surface area (Å²) in [7, 11) is 0. The molecule has 2 atom stereocenters. The Hall–Kier alpha value is -2.56. The molecule has 1 aromatic heterocycles. The van der Waals surface area contributed by atoms with E-state index in [1.54, 1.807) is 6.08 Å². The minimum Gasteiger partial charge on any atom is -0.550 e. The molecule has 1 aromatic carbocycles. The molecule has 0 radical (unpaired) electrons. The van der Waals surface area contributed by atoms with E-state index >= 15 is 0 Å². The highest BCUT2D eigenvalue weighted by Crippen LogP contribution is 2.25. The van der Waals surface area contributed by atoms with Crippen molar-refractivity contribution in [1.82, 2.24) is 10.3 Å². The molecular weight excluding hydrogens is 292 g/mol. The van der Waals surface area contributed by atoms with Crippen molar-refractivity contribution >= 4 is 22.8 Å². The topological polar surface area (TPSA) is 85.0 Å². The number of aliphatic carboxylic acids is 1. The number of carboxylic acid groups (broad SMARTS) is 1. The Kier molecular flexibility index (Phi) is 4.46. The summed E-state index contributed by atoms with van der Waals surface area (Å²) in [5, 5.41) is 15.2. The lowest BCUT2D eigenvalue weighted by Gasteiger charge is -2.28. The molecule has 0 aliphatic heterocycles. The summed E-state index contributed by atoms with van der Waals surface area (Å²) in [5.74, 6) is -2.62. The van der Waals surface area contributed by atoms with Crippen molar-refractivity contribution in [3.63, 3.8) is 0 Å². The van der Waals surface area contributed by atoms with Gasteiger partial charge in [0.1, 0.15) is 0 Å². The molecule has 0 bridgehead atoms. The lowest BCUT2D eigenvalue weighted by atomic mass is 9.82. The van der Waals surface area contributed by atoms with E-state index in [0.717, 1.165) is 16.5 Å². The molecule has 1 aliphatic carbocycles. The smallest absolute Gasteiger partial charge is 0.224 e. The summed E-state index contributed by atoms with van der Waals surface area (Å²) in [5.41, 5.74) is 2.21. The van der Waals surface area contributed by atoms with E-state index in [4.69, 9.17) is 0 Å². The number of benzene rings is 1. The van der Waals surface area contributed by atoms with Gasteiger partial charge in [0.2, 0.25) is 5.91 Å². The van der Waals surface area contributed by atoms with E-state index in [1.165, 1.54) is 0 Å². The number of allylic oxidation sites excluding steroid dienone is 2. The number of hydrogen-bond acceptors (Lipinski definition) is 3. The molecule has 1 amide bonds. The van der Waals surface area contributed by atoms with Crippen LogP contribution in [-0.4, -0.2) is 23.4 Å². The van der Waals surface area contributed by atoms with Crippen LogP contribution >= 0.6 is 0 Å². The molecule has 1 aliphatic rings. The highest BCUT2D eigenvalue weighted by Gasteiger charge is 2.29. The fraction of sp³-hybridized carbons (Fsp3) is 0.333. The summed E-state index contributed by atoms with van der Waals surface area (Å²) in [6.45, 7) is 0.487. The third-order valence-corrected chi connectivity index (χ3v) is 4.44. The minimum atomic E-state index is -1.15. The molecule has 2 N–H and O–H groups in total. The van der Waals surface area contributed by atoms with Gasteiger partial charge in [-0.3, -0.25) is 4.79 Å². The molecule has 0 fully saturated rings. The normalized spacial score (nSPS) is 20.5. The summed E-state index contributed by atoms with van der Waals surface area (Å²) >= 11 is 0. The van der Waals surface area contributed by atoms with Crippen molar-refractivity contribution in [3.8, 4) is 0 Å². The Balaban J connectivity index is 1.59. The maximum Gasteiger partial charge on any atom is 0.224 e. The van der Waals surface area contributed by atoms with Crippen LogP contribution in [0.5, 0.6) is 0 Å². The van der Waals surface area contributed by atoms with Gasteiger partial charge in [-0.05, 0) is 30.9 Å². The third kappa shape index (κ3) is 3.28. The van der Waals surface area contributed by atoms with Crippen molar-refractivity contribution in [2.45, 2.75) is 19.3 Å². The average Bonchev–Trinajstić information content (AvgIpc) is 2.98. The summed E-state index contributed by atoms with van der Waals surface area (Å²) in [6.07, 6.45) is 7.14. The van der Waals surface area contributed by atoms with Gasteiger partial charge < -0.3 is 20.2 Å². The van der Waals surface area contributed by atoms with Crippen LogP contribution in [0.3, 0.4) is 0 Å². The second kappa shape index (κ2) is 6.69. The van der Waals surface area contributed by atoms with Gasteiger partial charge in [-0.1, -0.05) is 30.4 Å². The fourth-order valence-electron chi connectivity index (χ4n) is 3.15. The number of carbonyl (C=O) groups is 2. The Bertz CT molecular complexity index is 748. The summed E-state index contributed by atoms with van der Waals surface area (Å²) in [6, 6.07) is 8.01. The quantitative estimate of drug-likeness (QED) is 0.813. The van der Waals surface area contributed by atoms with Crippen LogP contribution in [0.1, 0.15) is 18.4 Å². The van der Waals surface area contributed by atoms with Gasteiger partial charge in [0.15, 0.2) is 0 Å². The molecule has 23 heavy (non-hydrogen) atoms. The van der Waals surface area contributed by atoms with Crippen LogP contribution in [0.25, 0.3) is 10.9 Å². The molecule has 0 spiro atoms. The zero-order valence-electron chi connectivity index (χ0n) is 12.7. The first-order chi connectivity index (χ1) is 11.2. The number of aromatic nitrogens is 1. The fourth-order valence-corrected chi connectivity index (χ4v) is 3.15. The van der Waals surface area contributed by atoms with Crippen LogP contribution in [0.4, 0.5) is 0 Å². The van der Waals surface area contributed by atoms with Crippen LogP contribution in [0.2, 0.25) is 0 Å². The van der Waals surface area contributed by atoms with Crippen molar-refractivity contribution in [2.24, 2.45) is 11.8 Å². The number of fused-ring (bicyclic) bond motifs is 1. The molecule has 120 valence electrons. The number of nitrogens with one attached hydrogen (secondary N) is 2. The van der Waals surface area contributed by atoms with Gasteiger partial charge in [0, 0.05) is 41.4 Å². The third-order valence-electron chi connectivity index (χ3n) is 4.44. The highest BCUT2D eigenvalue weighted by molar-refractivity contribution is 5.85. The van der Waals surface area contributed by atoms with Gasteiger partial charge in [-0.2, -0.15) is 0 Å². The SMILES string of the molecule is O=C([O-])C1CC=CCC1C(=O)NCCc1c[nH]c2ccccc12. The van der Waals surface area contributed by atoms with E-state index in [1.807, 2.05) is 36.5 Å². The van der Waals surface area contributed by atoms with E-state index in [2.05, 4.69) is 10.3 Å². The Morgan fingerprint density at radius 1 is 1.17 bits per heavy atom. The monoisotopic (exact) mass is 311 g/mol. The van der Waals surface area contributed by atoms with Crippen LogP contribution in [0, 0.1) is 11.8 Å². The van der Waals surface area contributed by atoms with Gasteiger partial charge in [0.25, 0.3) is 0 Å². The number of hydrogen-bond donors (Lipinski definition) is 2. The molecular formula is C18H19N2O3-. The molecule has 1 heterocycles. The highest BCUT2D eigenvalue weighted by atomic mass is 16.4. The lowest BCUT2D eigenvalue weighted by Crippen LogP contribution is -2.44. The van der Waals surface area contributed by atoms with Crippen LogP contribution in [-0.2, 0) is 16.0 Å². The van der Waals surface area contributed by atoms with Crippen molar-refractivity contribution in [2.75, 3.05) is 6.54 Å². The zero-order chi connectivity index (χ0) is 16.2. The molecule has 3 rings (SSSR count). The Labute approximate surface area is 134 Å². The number of H-pyrrole nitrogens is 1. The molecule has 0 saturated heterocycles. The molecule has 2 unspecified atom stereocenters. The molecule has 2 aromatic rings. The second-order valence-electron chi connectivity index (χ2n) is 5.88. The summed E-state index contributed by atoms with van der Waals surface area (Å²) < 4.78 is 0. The maximum absolute atomic E-state index is 12.3. The number of amides is 1. The van der Waals surface area contributed by atoms with Gasteiger partial charge in [-0.15, -0.1) is 0 Å². The number of carbonyl (C=O) groups excluding carboxylic acids is 2. The van der Waals surface area contributed by atoms with Crippen LogP contribution in [0.15, 0.2) is 42.6 Å². The number of carboxylic acids is 1. The average molecular weight is 311 g/mol. The summed E-state index contributed by atoms with van der Waals surface area (Å²) in [4.78, 5) is 26.6. The van der Waals surface area contributed by atoms with E-state index in [-0.39, 0.29) is 5.91 Å². The number of rotatable bonds is 5. The first-order valence-corrected chi connectivity index (χ1v) is 7.85. The maximum atomic E-state index is 12.3.